The van der Waals surface area contributed by atoms with E-state index in [9.17, 15) is 18.7 Å². The molecule has 1 amide bonds. The summed E-state index contributed by atoms with van der Waals surface area (Å²) < 4.78 is 32.5. The summed E-state index contributed by atoms with van der Waals surface area (Å²) in [5.74, 6) is -0.484. The maximum atomic E-state index is 13.1. The Morgan fingerprint density at radius 2 is 2.21 bits per heavy atom. The lowest BCUT2D eigenvalue weighted by Gasteiger charge is -2.27. The monoisotopic (exact) mass is 490 g/mol. The van der Waals surface area contributed by atoms with Crippen LogP contribution in [0.2, 0.25) is 0 Å². The van der Waals surface area contributed by atoms with Crippen molar-refractivity contribution >= 4 is 23.3 Å². The number of thioether (sulfide) groups is 1. The number of aliphatic hydroxyl groups is 1. The quantitative estimate of drug-likeness (QED) is 0.414. The summed E-state index contributed by atoms with van der Waals surface area (Å²) in [7, 11) is 0. The molecule has 0 saturated carbocycles. The van der Waals surface area contributed by atoms with Gasteiger partial charge >= 0.3 is 6.61 Å². The second-order valence-electron chi connectivity index (χ2n) is 8.27. The van der Waals surface area contributed by atoms with Crippen molar-refractivity contribution in [3.05, 3.63) is 65.9 Å². The van der Waals surface area contributed by atoms with Crippen LogP contribution in [0.15, 0.2) is 59.6 Å². The predicted molar refractivity (Wildman–Crippen MR) is 122 cm³/mol. The highest BCUT2D eigenvalue weighted by Gasteiger charge is 2.33. The number of carbonyl (C=O) groups is 1. The molecule has 9 nitrogen and oxygen atoms in total. The van der Waals surface area contributed by atoms with E-state index in [0.717, 1.165) is 4.90 Å². The first kappa shape index (κ1) is 23.9. The van der Waals surface area contributed by atoms with Crippen molar-refractivity contribution < 1.29 is 23.4 Å². The van der Waals surface area contributed by atoms with Crippen molar-refractivity contribution in [2.24, 2.45) is 0 Å². The van der Waals surface area contributed by atoms with E-state index >= 15 is 0 Å². The highest BCUT2D eigenvalue weighted by atomic mass is 32.2. The molecule has 3 aromatic rings. The van der Waals surface area contributed by atoms with Gasteiger partial charge in [-0.05, 0) is 44.4 Å². The minimum absolute atomic E-state index is 0.0202. The van der Waals surface area contributed by atoms with E-state index in [2.05, 4.69) is 20.8 Å². The Kier molecular flexibility index (Phi) is 6.73. The van der Waals surface area contributed by atoms with Gasteiger partial charge in [-0.15, -0.1) is 11.8 Å². The van der Waals surface area contributed by atoms with Crippen molar-refractivity contribution in [1.29, 1.82) is 0 Å². The van der Waals surface area contributed by atoms with Crippen LogP contribution < -0.4 is 15.5 Å². The predicted octanol–water partition coefficient (Wildman–Crippen LogP) is 2.96. The zero-order valence-corrected chi connectivity index (χ0v) is 19.5. The minimum Gasteiger partial charge on any atom is -0.434 e. The number of alkyl halides is 2. The van der Waals surface area contributed by atoms with Crippen LogP contribution in [0.5, 0.6) is 5.75 Å². The molecule has 0 fully saturated rings. The van der Waals surface area contributed by atoms with Crippen molar-refractivity contribution in [1.82, 2.24) is 30.3 Å². The Morgan fingerprint density at radius 3 is 2.91 bits per heavy atom. The first-order valence-electron chi connectivity index (χ1n) is 10.3. The van der Waals surface area contributed by atoms with Crippen molar-refractivity contribution in [2.75, 3.05) is 12.8 Å². The number of benzene rings is 1. The van der Waals surface area contributed by atoms with E-state index in [1.54, 1.807) is 55.6 Å². The molecule has 1 aliphatic rings. The van der Waals surface area contributed by atoms with Gasteiger partial charge in [-0.1, -0.05) is 0 Å². The third-order valence-corrected chi connectivity index (χ3v) is 5.71. The molecular formula is C22H24F2N6O3S. The number of amides is 1. The molecule has 1 atom stereocenters. The highest BCUT2D eigenvalue weighted by Crippen LogP contribution is 2.36. The van der Waals surface area contributed by atoms with Gasteiger partial charge in [-0.3, -0.25) is 4.79 Å². The topological polar surface area (TPSA) is 104 Å². The SMILES string of the molecule is CSc1ccc(OC(F)F)c(C2NN(CC(C)(C)O)C=C2NC(=O)c2cnn3cccnc23)c1. The van der Waals surface area contributed by atoms with Gasteiger partial charge in [0.2, 0.25) is 0 Å². The highest BCUT2D eigenvalue weighted by molar-refractivity contribution is 7.98. The number of hydrazine groups is 1. The lowest BCUT2D eigenvalue weighted by atomic mass is 10.0. The van der Waals surface area contributed by atoms with Crippen LogP contribution in [0.4, 0.5) is 8.78 Å². The van der Waals surface area contributed by atoms with Crippen molar-refractivity contribution in [3.8, 4) is 5.75 Å². The van der Waals surface area contributed by atoms with Crippen LogP contribution in [0.3, 0.4) is 0 Å². The summed E-state index contributed by atoms with van der Waals surface area (Å²) in [6.07, 6.45) is 8.12. The molecule has 3 N–H and O–H groups in total. The van der Waals surface area contributed by atoms with Gasteiger partial charge in [0, 0.05) is 29.1 Å². The van der Waals surface area contributed by atoms with Crippen LogP contribution in [0.1, 0.15) is 35.8 Å². The molecule has 1 aromatic carbocycles. The van der Waals surface area contributed by atoms with Crippen molar-refractivity contribution in [3.63, 3.8) is 0 Å². The second kappa shape index (κ2) is 9.57. The fourth-order valence-corrected chi connectivity index (χ4v) is 4.08. The van der Waals surface area contributed by atoms with E-state index in [-0.39, 0.29) is 17.9 Å². The summed E-state index contributed by atoms with van der Waals surface area (Å²) in [4.78, 5) is 18.2. The normalized spacial score (nSPS) is 16.3. The van der Waals surface area contributed by atoms with E-state index in [4.69, 9.17) is 4.74 Å². The smallest absolute Gasteiger partial charge is 0.387 e. The molecule has 12 heteroatoms. The lowest BCUT2D eigenvalue weighted by molar-refractivity contribution is -0.0508. The molecule has 0 aliphatic carbocycles. The number of carbonyl (C=O) groups excluding carboxylic acids is 1. The molecule has 4 rings (SSSR count). The number of nitrogens with one attached hydrogen (secondary N) is 2. The largest absolute Gasteiger partial charge is 0.434 e. The zero-order chi connectivity index (χ0) is 24.5. The first-order chi connectivity index (χ1) is 16.1. The molecule has 3 heterocycles. The van der Waals surface area contributed by atoms with Gasteiger partial charge in [0.25, 0.3) is 5.91 Å². The maximum Gasteiger partial charge on any atom is 0.387 e. The summed E-state index contributed by atoms with van der Waals surface area (Å²) in [5.41, 5.74) is 3.53. The number of halogens is 2. The van der Waals surface area contributed by atoms with E-state index in [0.29, 0.717) is 16.9 Å². The summed E-state index contributed by atoms with van der Waals surface area (Å²) in [6.45, 7) is 0.435. The van der Waals surface area contributed by atoms with Crippen LogP contribution in [0, 0.1) is 0 Å². The second-order valence-corrected chi connectivity index (χ2v) is 9.15. The van der Waals surface area contributed by atoms with E-state index in [1.807, 2.05) is 6.26 Å². The van der Waals surface area contributed by atoms with Gasteiger partial charge in [-0.2, -0.15) is 13.9 Å². The van der Waals surface area contributed by atoms with Crippen LogP contribution in [-0.2, 0) is 0 Å². The van der Waals surface area contributed by atoms with Crippen molar-refractivity contribution in [2.45, 2.75) is 37.0 Å². The third kappa shape index (κ3) is 5.29. The fourth-order valence-electron chi connectivity index (χ4n) is 3.63. The molecular weight excluding hydrogens is 466 g/mol. The molecule has 0 radical (unpaired) electrons. The molecule has 0 spiro atoms. The Bertz CT molecular complexity index is 1230. The number of nitrogens with zero attached hydrogens (tertiary/aromatic N) is 4. The summed E-state index contributed by atoms with van der Waals surface area (Å²) >= 11 is 1.44. The van der Waals surface area contributed by atoms with Gasteiger partial charge in [0.15, 0.2) is 5.65 Å². The molecule has 0 saturated heterocycles. The average Bonchev–Trinajstić information content (AvgIpc) is 3.36. The average molecular weight is 491 g/mol. The molecule has 2 aromatic heterocycles. The van der Waals surface area contributed by atoms with Gasteiger partial charge in [-0.25, -0.2) is 14.9 Å². The van der Waals surface area contributed by atoms with Gasteiger partial charge in [0.1, 0.15) is 11.3 Å². The van der Waals surface area contributed by atoms with E-state index in [1.165, 1.54) is 28.5 Å². The summed E-state index contributed by atoms with van der Waals surface area (Å²) in [6, 6.07) is 5.86. The molecule has 1 aliphatic heterocycles. The van der Waals surface area contributed by atoms with Crippen LogP contribution in [-0.4, -0.2) is 55.6 Å². The van der Waals surface area contributed by atoms with Gasteiger partial charge < -0.3 is 20.2 Å². The Morgan fingerprint density at radius 1 is 1.41 bits per heavy atom. The Balaban J connectivity index is 1.70. The number of hydrogen-bond donors (Lipinski definition) is 3. The molecule has 1 unspecified atom stereocenters. The number of hydrogen-bond acceptors (Lipinski definition) is 8. The van der Waals surface area contributed by atoms with Crippen LogP contribution in [0.25, 0.3) is 5.65 Å². The standard InChI is InChI=1S/C22H24F2N6O3S/c1-22(2,32)12-29-11-16(27-20(31)15-10-26-30-8-4-7-25-19(15)30)18(28-29)14-9-13(34-3)5-6-17(14)33-21(23)24/h4-11,18,21,28,32H,12H2,1-3H3,(H,27,31). The zero-order valence-electron chi connectivity index (χ0n) is 18.7. The van der Waals surface area contributed by atoms with Gasteiger partial charge in [0.05, 0.1) is 30.1 Å². The molecule has 180 valence electrons. The third-order valence-electron chi connectivity index (χ3n) is 4.98. The number of ether oxygens (including phenoxy) is 1. The maximum absolute atomic E-state index is 13.1. The van der Waals surface area contributed by atoms with Crippen LogP contribution >= 0.6 is 11.8 Å². The number of rotatable bonds is 8. The Labute approximate surface area is 198 Å². The lowest BCUT2D eigenvalue weighted by Crippen LogP contribution is -2.42. The minimum atomic E-state index is -3.01. The number of aromatic nitrogens is 3. The molecule has 0 bridgehead atoms. The van der Waals surface area contributed by atoms with E-state index < -0.39 is 24.2 Å². The fraction of sp³-hybridized carbons (Fsp3) is 0.318. The molecule has 34 heavy (non-hydrogen) atoms. The number of fused-ring (bicyclic) bond motifs is 1. The first-order valence-corrected chi connectivity index (χ1v) is 11.6. The summed E-state index contributed by atoms with van der Waals surface area (Å²) in [5, 5.41) is 18.9. The Hall–Kier alpha value is -3.22. The number of β-amino-alcohol motifs (C(OH)–C–C–N with tert-alkyl or cyclic N) is 1.